The highest BCUT2D eigenvalue weighted by molar-refractivity contribution is 5.38. The quantitative estimate of drug-likeness (QED) is 0.879. The molecule has 17 heavy (non-hydrogen) atoms. The summed E-state index contributed by atoms with van der Waals surface area (Å²) in [5.74, 6) is -1.78. The van der Waals surface area contributed by atoms with Crippen LogP contribution in [0.25, 0.3) is 0 Å². The molecule has 1 unspecified atom stereocenters. The second-order valence-electron chi connectivity index (χ2n) is 3.80. The van der Waals surface area contributed by atoms with Crippen LogP contribution < -0.4 is 10.1 Å². The normalized spacial score (nSPS) is 19.4. The van der Waals surface area contributed by atoms with Crippen molar-refractivity contribution in [1.82, 2.24) is 4.98 Å². The first-order valence-corrected chi connectivity index (χ1v) is 5.49. The maximum absolute atomic E-state index is 13.3. The zero-order valence-corrected chi connectivity index (χ0v) is 9.50. The van der Waals surface area contributed by atoms with Gasteiger partial charge in [-0.3, -0.25) is 0 Å². The first kappa shape index (κ1) is 12.0. The van der Waals surface area contributed by atoms with E-state index in [-0.39, 0.29) is 24.4 Å². The summed E-state index contributed by atoms with van der Waals surface area (Å²) in [4.78, 5) is 3.71. The van der Waals surface area contributed by atoms with Crippen molar-refractivity contribution in [2.75, 3.05) is 25.6 Å². The Labute approximate surface area is 97.9 Å². The molecule has 1 aromatic rings. The number of nitrogens with zero attached hydrogens (tertiary/aromatic N) is 1. The van der Waals surface area contributed by atoms with Crippen LogP contribution in [0.15, 0.2) is 6.07 Å². The summed E-state index contributed by atoms with van der Waals surface area (Å²) in [5.41, 5.74) is 0. The molecule has 1 N–H and O–H groups in total. The molecule has 1 aromatic heterocycles. The average molecular weight is 244 g/mol. The summed E-state index contributed by atoms with van der Waals surface area (Å²) in [6.07, 6.45) is 1.84. The highest BCUT2D eigenvalue weighted by atomic mass is 19.1. The molecule has 1 aliphatic rings. The molecular formula is C11H14F2N2O2. The number of rotatable bonds is 4. The van der Waals surface area contributed by atoms with Gasteiger partial charge in [0.05, 0.1) is 6.10 Å². The first-order chi connectivity index (χ1) is 8.20. The lowest BCUT2D eigenvalue weighted by Gasteiger charge is -2.12. The second kappa shape index (κ2) is 5.27. The Balaban J connectivity index is 2.03. The summed E-state index contributed by atoms with van der Waals surface area (Å²) in [6.45, 7) is 0.938. The molecule has 0 aliphatic carbocycles. The zero-order chi connectivity index (χ0) is 12.3. The van der Waals surface area contributed by atoms with Crippen LogP contribution >= 0.6 is 0 Å². The van der Waals surface area contributed by atoms with E-state index in [4.69, 9.17) is 9.47 Å². The van der Waals surface area contributed by atoms with Crippen LogP contribution in [-0.4, -0.2) is 31.3 Å². The highest BCUT2D eigenvalue weighted by Gasteiger charge is 2.18. The van der Waals surface area contributed by atoms with E-state index in [1.807, 2.05) is 0 Å². The maximum Gasteiger partial charge on any atom is 0.252 e. The fourth-order valence-corrected chi connectivity index (χ4v) is 1.67. The van der Waals surface area contributed by atoms with E-state index in [0.717, 1.165) is 18.9 Å². The number of nitrogens with one attached hydrogen (secondary N) is 1. The van der Waals surface area contributed by atoms with E-state index >= 15 is 0 Å². The number of hydrogen-bond acceptors (Lipinski definition) is 4. The fraction of sp³-hybridized carbons (Fsp3) is 0.545. The van der Waals surface area contributed by atoms with Crippen LogP contribution in [0.5, 0.6) is 5.88 Å². The van der Waals surface area contributed by atoms with Crippen molar-refractivity contribution < 1.29 is 18.3 Å². The van der Waals surface area contributed by atoms with E-state index in [0.29, 0.717) is 6.61 Å². The van der Waals surface area contributed by atoms with E-state index < -0.39 is 11.6 Å². The van der Waals surface area contributed by atoms with Crippen molar-refractivity contribution in [3.8, 4) is 5.88 Å². The van der Waals surface area contributed by atoms with Crippen molar-refractivity contribution in [1.29, 1.82) is 0 Å². The molecule has 1 atom stereocenters. The zero-order valence-electron chi connectivity index (χ0n) is 9.50. The van der Waals surface area contributed by atoms with E-state index in [1.165, 1.54) is 7.05 Å². The van der Waals surface area contributed by atoms with Crippen LogP contribution in [0.3, 0.4) is 0 Å². The SMILES string of the molecule is CNc1nc(OCC2CCCO2)c(F)cc1F. The Morgan fingerprint density at radius 3 is 3.00 bits per heavy atom. The van der Waals surface area contributed by atoms with Gasteiger partial charge in [0.1, 0.15) is 6.61 Å². The number of aromatic nitrogens is 1. The lowest BCUT2D eigenvalue weighted by Crippen LogP contribution is -2.17. The molecule has 0 aromatic carbocycles. The number of ether oxygens (including phenoxy) is 2. The number of pyridine rings is 1. The second-order valence-corrected chi connectivity index (χ2v) is 3.80. The van der Waals surface area contributed by atoms with Gasteiger partial charge in [0.25, 0.3) is 5.88 Å². The minimum Gasteiger partial charge on any atom is -0.473 e. The van der Waals surface area contributed by atoms with Crippen molar-refractivity contribution in [3.63, 3.8) is 0 Å². The molecule has 0 amide bonds. The van der Waals surface area contributed by atoms with Crippen LogP contribution in [0.4, 0.5) is 14.6 Å². The number of hydrogen-bond donors (Lipinski definition) is 1. The third-order valence-corrected chi connectivity index (χ3v) is 2.56. The minimum atomic E-state index is -0.806. The molecule has 4 nitrogen and oxygen atoms in total. The number of anilines is 1. The first-order valence-electron chi connectivity index (χ1n) is 5.49. The van der Waals surface area contributed by atoms with Crippen LogP contribution in [0.1, 0.15) is 12.8 Å². The van der Waals surface area contributed by atoms with Crippen molar-refractivity contribution in [2.24, 2.45) is 0 Å². The Bertz CT molecular complexity index is 395. The van der Waals surface area contributed by atoms with Gasteiger partial charge in [-0.1, -0.05) is 0 Å². The molecule has 1 saturated heterocycles. The molecule has 1 fully saturated rings. The van der Waals surface area contributed by atoms with Gasteiger partial charge in [-0.2, -0.15) is 4.98 Å². The van der Waals surface area contributed by atoms with Gasteiger partial charge in [0.15, 0.2) is 17.5 Å². The molecule has 2 rings (SSSR count). The third-order valence-electron chi connectivity index (χ3n) is 2.56. The summed E-state index contributed by atoms with van der Waals surface area (Å²) < 4.78 is 37.0. The van der Waals surface area contributed by atoms with Crippen molar-refractivity contribution in [2.45, 2.75) is 18.9 Å². The van der Waals surface area contributed by atoms with Crippen LogP contribution in [0.2, 0.25) is 0 Å². The fourth-order valence-electron chi connectivity index (χ4n) is 1.67. The highest BCUT2D eigenvalue weighted by Crippen LogP contribution is 2.21. The summed E-state index contributed by atoms with van der Waals surface area (Å²) in [6, 6.07) is 0.754. The van der Waals surface area contributed by atoms with Gasteiger partial charge in [-0.05, 0) is 12.8 Å². The van der Waals surface area contributed by atoms with Gasteiger partial charge in [-0.25, -0.2) is 8.78 Å². The summed E-state index contributed by atoms with van der Waals surface area (Å²) in [7, 11) is 1.51. The van der Waals surface area contributed by atoms with Crippen LogP contribution in [-0.2, 0) is 4.74 Å². The van der Waals surface area contributed by atoms with Gasteiger partial charge in [0.2, 0.25) is 0 Å². The van der Waals surface area contributed by atoms with Crippen molar-refractivity contribution in [3.05, 3.63) is 17.7 Å². The van der Waals surface area contributed by atoms with Gasteiger partial charge >= 0.3 is 0 Å². The monoisotopic (exact) mass is 244 g/mol. The van der Waals surface area contributed by atoms with Crippen LogP contribution in [0, 0.1) is 11.6 Å². The number of halogens is 2. The van der Waals surface area contributed by atoms with Gasteiger partial charge < -0.3 is 14.8 Å². The topological polar surface area (TPSA) is 43.4 Å². The largest absolute Gasteiger partial charge is 0.473 e. The molecular weight excluding hydrogens is 230 g/mol. The predicted molar refractivity (Wildman–Crippen MR) is 58.2 cm³/mol. The van der Waals surface area contributed by atoms with E-state index in [9.17, 15) is 8.78 Å². The van der Waals surface area contributed by atoms with Gasteiger partial charge in [0, 0.05) is 19.7 Å². The Morgan fingerprint density at radius 1 is 1.53 bits per heavy atom. The Morgan fingerprint density at radius 2 is 2.35 bits per heavy atom. The standard InChI is InChI=1S/C11H14F2N2O2/c1-14-10-8(12)5-9(13)11(15-10)17-6-7-3-2-4-16-7/h5,7H,2-4,6H2,1H3,(H,14,15). The molecule has 1 aliphatic heterocycles. The lowest BCUT2D eigenvalue weighted by molar-refractivity contribution is 0.0648. The van der Waals surface area contributed by atoms with Crippen molar-refractivity contribution >= 4 is 5.82 Å². The molecule has 6 heteroatoms. The minimum absolute atomic E-state index is 0.0284. The molecule has 0 saturated carbocycles. The third kappa shape index (κ3) is 2.82. The summed E-state index contributed by atoms with van der Waals surface area (Å²) in [5, 5.41) is 2.53. The predicted octanol–water partition coefficient (Wildman–Crippen LogP) is 1.96. The molecule has 0 radical (unpaired) electrons. The van der Waals surface area contributed by atoms with E-state index in [2.05, 4.69) is 10.3 Å². The average Bonchev–Trinajstić information content (AvgIpc) is 2.81. The Kier molecular flexibility index (Phi) is 3.73. The smallest absolute Gasteiger partial charge is 0.252 e. The molecule has 2 heterocycles. The molecule has 0 bridgehead atoms. The van der Waals surface area contributed by atoms with E-state index in [1.54, 1.807) is 0 Å². The maximum atomic E-state index is 13.3. The summed E-state index contributed by atoms with van der Waals surface area (Å²) >= 11 is 0. The molecule has 94 valence electrons. The molecule has 0 spiro atoms. The Hall–Kier alpha value is -1.43. The van der Waals surface area contributed by atoms with Gasteiger partial charge in [-0.15, -0.1) is 0 Å². The lowest BCUT2D eigenvalue weighted by atomic mass is 10.2.